The number of rotatable bonds is 7. The summed E-state index contributed by atoms with van der Waals surface area (Å²) in [6.45, 7) is 8.52. The first-order chi connectivity index (χ1) is 15.8. The lowest BCUT2D eigenvalue weighted by atomic mass is 10.0. The maximum absolute atomic E-state index is 12.5. The van der Waals surface area contributed by atoms with E-state index in [4.69, 9.17) is 0 Å². The zero-order valence-electron chi connectivity index (χ0n) is 19.4. The predicted molar refractivity (Wildman–Crippen MR) is 137 cm³/mol. The highest BCUT2D eigenvalue weighted by Gasteiger charge is 2.14. The Hall–Kier alpha value is -2.97. The molecule has 4 aromatic rings. The van der Waals surface area contributed by atoms with Crippen LogP contribution in [-0.4, -0.2) is 31.4 Å². The molecule has 4 rings (SSSR count). The van der Waals surface area contributed by atoms with Gasteiger partial charge in [-0.2, -0.15) is 0 Å². The number of benzene rings is 2. The number of anilines is 1. The molecule has 170 valence electrons. The molecule has 6 nitrogen and oxygen atoms in total. The van der Waals surface area contributed by atoms with Crippen LogP contribution in [0.15, 0.2) is 53.0 Å². The van der Waals surface area contributed by atoms with E-state index >= 15 is 0 Å². The van der Waals surface area contributed by atoms with Crippen LogP contribution >= 0.6 is 23.1 Å². The van der Waals surface area contributed by atoms with E-state index in [1.165, 1.54) is 39.8 Å². The minimum absolute atomic E-state index is 0.119. The first-order valence-corrected chi connectivity index (χ1v) is 12.6. The van der Waals surface area contributed by atoms with Crippen LogP contribution in [-0.2, 0) is 11.8 Å². The monoisotopic (exact) mass is 477 g/mol. The summed E-state index contributed by atoms with van der Waals surface area (Å²) in [5.41, 5.74) is 6.69. The fourth-order valence-electron chi connectivity index (χ4n) is 3.36. The van der Waals surface area contributed by atoms with Gasteiger partial charge in [0.15, 0.2) is 16.1 Å². The Kier molecular flexibility index (Phi) is 6.95. The van der Waals surface area contributed by atoms with Crippen LogP contribution in [0.2, 0.25) is 0 Å². The Labute approximate surface area is 202 Å². The Morgan fingerprint density at radius 3 is 2.48 bits per heavy atom. The summed E-state index contributed by atoms with van der Waals surface area (Å²) >= 11 is 2.79. The van der Waals surface area contributed by atoms with Gasteiger partial charge in [0, 0.05) is 23.6 Å². The maximum atomic E-state index is 12.5. The van der Waals surface area contributed by atoms with Gasteiger partial charge in [-0.15, -0.1) is 21.5 Å². The van der Waals surface area contributed by atoms with Crippen LogP contribution in [0.25, 0.3) is 22.6 Å². The second-order valence-electron chi connectivity index (χ2n) is 8.32. The van der Waals surface area contributed by atoms with Gasteiger partial charge in [-0.05, 0) is 42.5 Å². The van der Waals surface area contributed by atoms with Crippen molar-refractivity contribution in [2.75, 3.05) is 11.1 Å². The molecule has 0 fully saturated rings. The molecule has 0 saturated heterocycles. The van der Waals surface area contributed by atoms with Gasteiger partial charge in [-0.1, -0.05) is 62.0 Å². The maximum Gasteiger partial charge on any atom is 0.236 e. The molecule has 0 aliphatic carbocycles. The van der Waals surface area contributed by atoms with Crippen molar-refractivity contribution >= 4 is 34.1 Å². The van der Waals surface area contributed by atoms with Crippen LogP contribution < -0.4 is 5.32 Å². The minimum atomic E-state index is -0.119. The minimum Gasteiger partial charge on any atom is -0.305 e. The summed E-state index contributed by atoms with van der Waals surface area (Å²) in [6.07, 6.45) is 0. The van der Waals surface area contributed by atoms with E-state index in [0.717, 1.165) is 22.6 Å². The molecule has 0 radical (unpaired) electrons. The second-order valence-corrected chi connectivity index (χ2v) is 10.1. The van der Waals surface area contributed by atoms with E-state index in [1.54, 1.807) is 0 Å². The Bertz CT molecular complexity index is 1270. The van der Waals surface area contributed by atoms with Crippen LogP contribution in [0, 0.1) is 13.8 Å². The van der Waals surface area contributed by atoms with Crippen molar-refractivity contribution in [1.82, 2.24) is 19.7 Å². The number of carbonyl (C=O) groups is 1. The summed E-state index contributed by atoms with van der Waals surface area (Å²) in [6, 6.07) is 14.6. The molecule has 0 spiro atoms. The predicted octanol–water partition coefficient (Wildman–Crippen LogP) is 6.08. The summed E-state index contributed by atoms with van der Waals surface area (Å²) < 4.78 is 1.92. The SMILES string of the molecule is Cc1ccc(-c2csc(NC(=O)CSc3nnc(-c4ccc(C(C)C)cc4)n3C)n2)cc1C. The first-order valence-electron chi connectivity index (χ1n) is 10.8. The van der Waals surface area contributed by atoms with E-state index in [2.05, 4.69) is 90.7 Å². The van der Waals surface area contributed by atoms with Crippen LogP contribution in [0.5, 0.6) is 0 Å². The molecule has 0 atom stereocenters. The van der Waals surface area contributed by atoms with Crippen molar-refractivity contribution in [2.45, 2.75) is 38.8 Å². The molecule has 33 heavy (non-hydrogen) atoms. The zero-order valence-corrected chi connectivity index (χ0v) is 21.0. The lowest BCUT2D eigenvalue weighted by molar-refractivity contribution is -0.113. The number of hydrogen-bond donors (Lipinski definition) is 1. The normalized spacial score (nSPS) is 11.2. The quantitative estimate of drug-likeness (QED) is 0.327. The van der Waals surface area contributed by atoms with Crippen molar-refractivity contribution in [1.29, 1.82) is 0 Å². The van der Waals surface area contributed by atoms with E-state index in [0.29, 0.717) is 16.2 Å². The molecule has 2 aromatic carbocycles. The van der Waals surface area contributed by atoms with E-state index < -0.39 is 0 Å². The van der Waals surface area contributed by atoms with Crippen LogP contribution in [0.4, 0.5) is 5.13 Å². The number of amides is 1. The summed E-state index contributed by atoms with van der Waals surface area (Å²) in [5.74, 6) is 1.38. The third-order valence-electron chi connectivity index (χ3n) is 5.56. The van der Waals surface area contributed by atoms with Crippen molar-refractivity contribution in [2.24, 2.45) is 7.05 Å². The summed E-state index contributed by atoms with van der Waals surface area (Å²) in [5, 5.41) is 14.7. The van der Waals surface area contributed by atoms with Crippen LogP contribution in [0.3, 0.4) is 0 Å². The summed E-state index contributed by atoms with van der Waals surface area (Å²) in [4.78, 5) is 17.1. The molecule has 0 unspecified atom stereocenters. The molecule has 2 aromatic heterocycles. The van der Waals surface area contributed by atoms with Gasteiger partial charge in [0.25, 0.3) is 0 Å². The molecule has 0 aliphatic heterocycles. The molecule has 0 saturated carbocycles. The average Bonchev–Trinajstić information content (AvgIpc) is 3.41. The third kappa shape index (κ3) is 5.34. The number of nitrogens with one attached hydrogen (secondary N) is 1. The van der Waals surface area contributed by atoms with Crippen molar-refractivity contribution < 1.29 is 4.79 Å². The highest BCUT2D eigenvalue weighted by atomic mass is 32.2. The number of aromatic nitrogens is 4. The molecular weight excluding hydrogens is 450 g/mol. The Morgan fingerprint density at radius 1 is 1.06 bits per heavy atom. The van der Waals surface area contributed by atoms with Crippen molar-refractivity contribution in [3.63, 3.8) is 0 Å². The number of nitrogens with zero attached hydrogens (tertiary/aromatic N) is 4. The molecule has 0 aliphatic rings. The van der Waals surface area contributed by atoms with Gasteiger partial charge in [-0.25, -0.2) is 4.98 Å². The van der Waals surface area contributed by atoms with Gasteiger partial charge in [-0.3, -0.25) is 4.79 Å². The largest absolute Gasteiger partial charge is 0.305 e. The molecule has 1 N–H and O–H groups in total. The lowest BCUT2D eigenvalue weighted by Crippen LogP contribution is -2.14. The molecule has 0 bridgehead atoms. The number of hydrogen-bond acceptors (Lipinski definition) is 6. The zero-order chi connectivity index (χ0) is 23.5. The van der Waals surface area contributed by atoms with Crippen LogP contribution in [0.1, 0.15) is 36.5 Å². The van der Waals surface area contributed by atoms with Crippen molar-refractivity contribution in [3.05, 3.63) is 64.5 Å². The van der Waals surface area contributed by atoms with Gasteiger partial charge >= 0.3 is 0 Å². The number of carbonyl (C=O) groups excluding carboxylic acids is 1. The van der Waals surface area contributed by atoms with Gasteiger partial charge in [0.1, 0.15) is 0 Å². The molecule has 2 heterocycles. The number of thiazole rings is 1. The second kappa shape index (κ2) is 9.89. The highest BCUT2D eigenvalue weighted by molar-refractivity contribution is 7.99. The van der Waals surface area contributed by atoms with Crippen molar-refractivity contribution in [3.8, 4) is 22.6 Å². The van der Waals surface area contributed by atoms with E-state index in [1.807, 2.05) is 17.0 Å². The fraction of sp³-hybridized carbons (Fsp3) is 0.280. The number of thioether (sulfide) groups is 1. The first kappa shape index (κ1) is 23.2. The lowest BCUT2D eigenvalue weighted by Gasteiger charge is -2.07. The topological polar surface area (TPSA) is 72.7 Å². The Balaban J connectivity index is 1.37. The Morgan fingerprint density at radius 2 is 1.79 bits per heavy atom. The van der Waals surface area contributed by atoms with Gasteiger partial charge < -0.3 is 9.88 Å². The van der Waals surface area contributed by atoms with E-state index in [9.17, 15) is 4.79 Å². The van der Waals surface area contributed by atoms with E-state index in [-0.39, 0.29) is 11.7 Å². The highest BCUT2D eigenvalue weighted by Crippen LogP contribution is 2.28. The third-order valence-corrected chi connectivity index (χ3v) is 7.33. The molecular formula is C25H27N5OS2. The fourth-order valence-corrected chi connectivity index (χ4v) is 4.81. The molecule has 1 amide bonds. The van der Waals surface area contributed by atoms with Gasteiger partial charge in [0.05, 0.1) is 11.4 Å². The standard InChI is InChI=1S/C25H27N5OS2/c1-15(2)18-8-10-19(11-9-18)23-28-29-25(30(23)5)33-14-22(31)27-24-26-21(13-32-24)20-7-6-16(3)17(4)12-20/h6-13,15H,14H2,1-5H3,(H,26,27,31). The smallest absolute Gasteiger partial charge is 0.236 e. The summed E-state index contributed by atoms with van der Waals surface area (Å²) in [7, 11) is 1.92. The average molecular weight is 478 g/mol. The van der Waals surface area contributed by atoms with Gasteiger partial charge in [0.2, 0.25) is 5.91 Å². The molecule has 8 heteroatoms. The number of aryl methyl sites for hydroxylation is 2.